The molecule has 2 amide bonds. The highest BCUT2D eigenvalue weighted by Crippen LogP contribution is 2.29. The fraction of sp³-hybridized carbons (Fsp3) is 0.667. The summed E-state index contributed by atoms with van der Waals surface area (Å²) in [7, 11) is -1.93. The van der Waals surface area contributed by atoms with Gasteiger partial charge in [0.1, 0.15) is 12.1 Å². The van der Waals surface area contributed by atoms with Crippen LogP contribution >= 0.6 is 0 Å². The molecule has 1 aliphatic carbocycles. The van der Waals surface area contributed by atoms with E-state index in [1.807, 2.05) is 49.4 Å². The zero-order chi connectivity index (χ0) is 34.2. The summed E-state index contributed by atoms with van der Waals surface area (Å²) in [5.74, 6) is -1.93. The highest BCUT2D eigenvalue weighted by atomic mass is 32.2. The van der Waals surface area contributed by atoms with Gasteiger partial charge in [0.05, 0.1) is 30.4 Å². The number of nitrogens with one attached hydrogen (secondary N) is 3. The minimum Gasteiger partial charge on any atom is -0.389 e. The number of rotatable bonds is 21. The van der Waals surface area contributed by atoms with Crippen molar-refractivity contribution in [3.8, 4) is 0 Å². The fourth-order valence-corrected chi connectivity index (χ4v) is 7.63. The SMILES string of the molecule is CCCC[C@H](NC(=O)[C@H](Cc1cccc2ccccc12)CS(=O)(=O)CC)C(=O)N[C@@H](CC1CCCCC1)[C@@H](O)[C@@H](O)CNCCOC. The molecule has 2 aromatic carbocycles. The molecule has 0 aliphatic heterocycles. The quantitative estimate of drug-likeness (QED) is 0.126. The first-order chi connectivity index (χ1) is 22.6. The lowest BCUT2D eigenvalue weighted by atomic mass is 9.83. The number of fused-ring (bicyclic) bond motifs is 1. The van der Waals surface area contributed by atoms with Crippen LogP contribution in [0, 0.1) is 11.8 Å². The number of aliphatic hydroxyl groups excluding tert-OH is 2. The van der Waals surface area contributed by atoms with E-state index in [2.05, 4.69) is 16.0 Å². The summed E-state index contributed by atoms with van der Waals surface area (Å²) < 4.78 is 30.7. The molecule has 0 radical (unpaired) electrons. The second-order valence-corrected chi connectivity index (χ2v) is 15.4. The summed E-state index contributed by atoms with van der Waals surface area (Å²) in [5.41, 5.74) is 0.868. The molecule has 1 fully saturated rings. The van der Waals surface area contributed by atoms with Crippen LogP contribution in [0.4, 0.5) is 0 Å². The van der Waals surface area contributed by atoms with Crippen LogP contribution in [0.15, 0.2) is 42.5 Å². The van der Waals surface area contributed by atoms with E-state index < -0.39 is 51.9 Å². The van der Waals surface area contributed by atoms with E-state index >= 15 is 0 Å². The number of sulfone groups is 1. The molecule has 0 saturated heterocycles. The summed E-state index contributed by atoms with van der Waals surface area (Å²) in [4.78, 5) is 27.8. The Kier molecular flexibility index (Phi) is 16.6. The number of amides is 2. The highest BCUT2D eigenvalue weighted by Gasteiger charge is 2.34. The molecule has 5 atom stereocenters. The summed E-state index contributed by atoms with van der Waals surface area (Å²) in [6.07, 6.45) is 5.58. The van der Waals surface area contributed by atoms with Gasteiger partial charge in [-0.1, -0.05) is 101 Å². The van der Waals surface area contributed by atoms with E-state index in [4.69, 9.17) is 4.74 Å². The topological polar surface area (TPSA) is 154 Å². The van der Waals surface area contributed by atoms with Crippen molar-refractivity contribution in [1.29, 1.82) is 0 Å². The van der Waals surface area contributed by atoms with Gasteiger partial charge in [-0.05, 0) is 41.5 Å². The number of benzene rings is 2. The van der Waals surface area contributed by atoms with Crippen molar-refractivity contribution in [2.45, 2.75) is 102 Å². The Morgan fingerprint density at radius 1 is 0.979 bits per heavy atom. The average Bonchev–Trinajstić information content (AvgIpc) is 3.07. The molecule has 0 spiro atoms. The molecule has 11 heteroatoms. The van der Waals surface area contributed by atoms with Gasteiger partial charge in [-0.25, -0.2) is 8.42 Å². The van der Waals surface area contributed by atoms with Crippen molar-refractivity contribution >= 4 is 32.4 Å². The zero-order valence-electron chi connectivity index (χ0n) is 28.5. The van der Waals surface area contributed by atoms with Gasteiger partial charge >= 0.3 is 0 Å². The number of ether oxygens (including phenoxy) is 1. The molecule has 3 rings (SSSR count). The number of hydrogen-bond donors (Lipinski definition) is 5. The van der Waals surface area contributed by atoms with Crippen LogP contribution in [0.1, 0.15) is 77.2 Å². The lowest BCUT2D eigenvalue weighted by Gasteiger charge is -2.33. The van der Waals surface area contributed by atoms with Crippen LogP contribution in [0.5, 0.6) is 0 Å². The van der Waals surface area contributed by atoms with E-state index in [-0.39, 0.29) is 24.5 Å². The number of carbonyl (C=O) groups is 2. The van der Waals surface area contributed by atoms with Gasteiger partial charge in [0.15, 0.2) is 9.84 Å². The van der Waals surface area contributed by atoms with E-state index in [0.717, 1.165) is 48.4 Å². The van der Waals surface area contributed by atoms with Crippen molar-refractivity contribution in [1.82, 2.24) is 16.0 Å². The molecule has 0 unspecified atom stereocenters. The van der Waals surface area contributed by atoms with Crippen molar-refractivity contribution in [3.63, 3.8) is 0 Å². The largest absolute Gasteiger partial charge is 0.389 e. The summed E-state index contributed by atoms with van der Waals surface area (Å²) in [6, 6.07) is 12.0. The molecule has 0 bridgehead atoms. The smallest absolute Gasteiger partial charge is 0.242 e. The van der Waals surface area contributed by atoms with Crippen LogP contribution in [0.2, 0.25) is 0 Å². The molecular weight excluding hydrogens is 618 g/mol. The lowest BCUT2D eigenvalue weighted by Crippen LogP contribution is -2.57. The van der Waals surface area contributed by atoms with Crippen LogP contribution < -0.4 is 16.0 Å². The van der Waals surface area contributed by atoms with Crippen LogP contribution in [-0.2, 0) is 30.6 Å². The Labute approximate surface area is 281 Å². The Morgan fingerprint density at radius 3 is 2.40 bits per heavy atom. The van der Waals surface area contributed by atoms with Crippen LogP contribution in [-0.4, -0.2) is 93.0 Å². The molecule has 264 valence electrons. The second kappa shape index (κ2) is 20.1. The van der Waals surface area contributed by atoms with E-state index in [0.29, 0.717) is 38.3 Å². The minimum absolute atomic E-state index is 0.0878. The Hall–Kier alpha value is -2.57. The molecule has 0 aromatic heterocycles. The van der Waals surface area contributed by atoms with E-state index in [1.54, 1.807) is 14.0 Å². The van der Waals surface area contributed by atoms with Crippen molar-refractivity contribution in [3.05, 3.63) is 48.0 Å². The molecule has 10 nitrogen and oxygen atoms in total. The summed E-state index contributed by atoms with van der Waals surface area (Å²) >= 11 is 0. The van der Waals surface area contributed by atoms with Gasteiger partial charge in [0, 0.05) is 26.0 Å². The number of methoxy groups -OCH3 is 1. The summed E-state index contributed by atoms with van der Waals surface area (Å²) in [5, 5.41) is 33.0. The fourth-order valence-electron chi connectivity index (χ4n) is 6.52. The maximum atomic E-state index is 13.9. The van der Waals surface area contributed by atoms with Crippen molar-refractivity contribution in [2.75, 3.05) is 38.3 Å². The molecule has 1 aliphatic rings. The summed E-state index contributed by atoms with van der Waals surface area (Å²) in [6.45, 7) is 4.68. The first kappa shape index (κ1) is 38.9. The normalized spacial score (nSPS) is 17.5. The zero-order valence-corrected chi connectivity index (χ0v) is 29.3. The van der Waals surface area contributed by atoms with Crippen LogP contribution in [0.3, 0.4) is 0 Å². The lowest BCUT2D eigenvalue weighted by molar-refractivity contribution is -0.132. The molecule has 47 heavy (non-hydrogen) atoms. The van der Waals surface area contributed by atoms with E-state index in [1.165, 1.54) is 6.42 Å². The maximum absolute atomic E-state index is 13.9. The molecular formula is C36H57N3O7S. The van der Waals surface area contributed by atoms with Gasteiger partial charge in [0.25, 0.3) is 0 Å². The molecule has 5 N–H and O–H groups in total. The van der Waals surface area contributed by atoms with Gasteiger partial charge < -0.3 is 30.9 Å². The standard InChI is InChI=1S/C36H57N3O7S/c1-4-6-19-31(36(43)39-32(22-26-13-8-7-9-14-26)34(41)33(40)24-37-20-21-46-3)38-35(42)29(25-47(44,45)5-2)23-28-17-12-16-27-15-10-11-18-30(27)28/h10-12,15-18,26,29,31-34,37,40-41H,4-9,13-14,19-25H2,1-3H3,(H,38,42)(H,39,43)/t29-,31+,32+,33+,34-/m1/s1. The monoisotopic (exact) mass is 675 g/mol. The predicted molar refractivity (Wildman–Crippen MR) is 187 cm³/mol. The predicted octanol–water partition coefficient (Wildman–Crippen LogP) is 3.52. The first-order valence-electron chi connectivity index (χ1n) is 17.4. The molecule has 2 aromatic rings. The van der Waals surface area contributed by atoms with Crippen molar-refractivity contribution < 1.29 is 33.0 Å². The second-order valence-electron chi connectivity index (χ2n) is 13.1. The highest BCUT2D eigenvalue weighted by molar-refractivity contribution is 7.91. The van der Waals surface area contributed by atoms with Gasteiger partial charge in [0.2, 0.25) is 11.8 Å². The minimum atomic E-state index is -3.51. The number of unbranched alkanes of at least 4 members (excludes halogenated alkanes) is 1. The van der Waals surface area contributed by atoms with Gasteiger partial charge in [-0.15, -0.1) is 0 Å². The first-order valence-corrected chi connectivity index (χ1v) is 19.2. The van der Waals surface area contributed by atoms with Gasteiger partial charge in [-0.2, -0.15) is 0 Å². The van der Waals surface area contributed by atoms with Crippen molar-refractivity contribution in [2.24, 2.45) is 11.8 Å². The third-order valence-electron chi connectivity index (χ3n) is 9.37. The Bertz CT molecular complexity index is 1340. The molecule has 0 heterocycles. The van der Waals surface area contributed by atoms with E-state index in [9.17, 15) is 28.2 Å². The van der Waals surface area contributed by atoms with Gasteiger partial charge in [-0.3, -0.25) is 9.59 Å². The third kappa shape index (κ3) is 12.8. The Morgan fingerprint density at radius 2 is 1.70 bits per heavy atom. The number of aliphatic hydroxyl groups is 2. The number of hydrogen-bond acceptors (Lipinski definition) is 8. The maximum Gasteiger partial charge on any atom is 0.242 e. The van der Waals surface area contributed by atoms with Crippen LogP contribution in [0.25, 0.3) is 10.8 Å². The Balaban J connectivity index is 1.81. The number of carbonyl (C=O) groups excluding carboxylic acids is 2. The third-order valence-corrected chi connectivity index (χ3v) is 11.2. The molecule has 1 saturated carbocycles. The average molecular weight is 676 g/mol.